The molecule has 7 nitrogen and oxygen atoms in total. The quantitative estimate of drug-likeness (QED) is 0.243. The third-order valence-electron chi connectivity index (χ3n) is 6.51. The van der Waals surface area contributed by atoms with E-state index in [1.54, 1.807) is 59.0 Å². The molecule has 4 rings (SSSR count). The molecular weight excluding hydrogens is 523 g/mol. The van der Waals surface area contributed by atoms with Crippen LogP contribution in [-0.2, 0) is 13.0 Å². The highest BCUT2D eigenvalue weighted by molar-refractivity contribution is 6.35. The van der Waals surface area contributed by atoms with E-state index in [9.17, 15) is 9.59 Å². The van der Waals surface area contributed by atoms with Crippen molar-refractivity contribution in [2.24, 2.45) is 0 Å². The molecule has 1 unspecified atom stereocenters. The Labute approximate surface area is 232 Å². The van der Waals surface area contributed by atoms with Gasteiger partial charge in [0.1, 0.15) is 11.6 Å². The van der Waals surface area contributed by atoms with Gasteiger partial charge in [0.05, 0.1) is 24.1 Å². The zero-order valence-electron chi connectivity index (χ0n) is 21.6. The van der Waals surface area contributed by atoms with Crippen molar-refractivity contribution in [2.75, 3.05) is 19.0 Å². The third kappa shape index (κ3) is 5.95. The van der Waals surface area contributed by atoms with Crippen LogP contribution in [0.2, 0.25) is 10.0 Å². The first-order valence-corrected chi connectivity index (χ1v) is 13.3. The number of para-hydroxylation sites is 1. The monoisotopic (exact) mass is 552 g/mol. The molecule has 0 saturated carbocycles. The maximum atomic E-state index is 13.8. The topological polar surface area (TPSA) is 76.5 Å². The summed E-state index contributed by atoms with van der Waals surface area (Å²) in [5.41, 5.74) is 1.97. The van der Waals surface area contributed by atoms with Crippen LogP contribution >= 0.6 is 23.2 Å². The van der Waals surface area contributed by atoms with Crippen molar-refractivity contribution in [3.8, 4) is 5.75 Å². The molecule has 38 heavy (non-hydrogen) atoms. The summed E-state index contributed by atoms with van der Waals surface area (Å²) >= 11 is 12.5. The molecule has 9 heteroatoms. The number of nitrogens with one attached hydrogen (secondary N) is 1. The highest BCUT2D eigenvalue weighted by atomic mass is 35.5. The molecule has 0 saturated heterocycles. The van der Waals surface area contributed by atoms with E-state index in [0.717, 1.165) is 5.56 Å². The van der Waals surface area contributed by atoms with Crippen molar-refractivity contribution in [1.29, 1.82) is 0 Å². The minimum absolute atomic E-state index is 0.122. The van der Waals surface area contributed by atoms with Crippen LogP contribution in [-0.4, -0.2) is 34.1 Å². The lowest BCUT2D eigenvalue weighted by Crippen LogP contribution is -2.42. The number of methoxy groups -OCH3 is 1. The van der Waals surface area contributed by atoms with Crippen LogP contribution in [0.25, 0.3) is 10.9 Å². The van der Waals surface area contributed by atoms with E-state index in [-0.39, 0.29) is 11.6 Å². The summed E-state index contributed by atoms with van der Waals surface area (Å²) in [6.07, 6.45) is 1.04. The standard InChI is InChI=1S/C29H30Cl2N4O3/c1-4-26(27-33-25-9-7-6-8-23(25)28(36)34(27)5-2)35(17-16-19-10-11-20(30)18-24(19)31)29(37)32-21-12-14-22(38-3)15-13-21/h6-15,18,26H,4-5,16-17H2,1-3H3,(H,32,37). The highest BCUT2D eigenvalue weighted by Gasteiger charge is 2.28. The number of amides is 2. The fourth-order valence-electron chi connectivity index (χ4n) is 4.52. The Balaban J connectivity index is 1.74. The molecule has 2 amide bonds. The van der Waals surface area contributed by atoms with Crippen LogP contribution in [0.1, 0.15) is 37.7 Å². The van der Waals surface area contributed by atoms with Gasteiger partial charge in [-0.3, -0.25) is 9.36 Å². The number of urea groups is 1. The minimum atomic E-state index is -0.461. The van der Waals surface area contributed by atoms with Gasteiger partial charge in [-0.1, -0.05) is 48.3 Å². The smallest absolute Gasteiger partial charge is 0.322 e. The fraction of sp³-hybridized carbons (Fsp3) is 0.276. The molecule has 0 spiro atoms. The van der Waals surface area contributed by atoms with E-state index >= 15 is 0 Å². The lowest BCUT2D eigenvalue weighted by molar-refractivity contribution is 0.181. The van der Waals surface area contributed by atoms with E-state index in [4.69, 9.17) is 32.9 Å². The average Bonchev–Trinajstić information content (AvgIpc) is 2.92. The first-order valence-electron chi connectivity index (χ1n) is 12.5. The van der Waals surface area contributed by atoms with Crippen LogP contribution < -0.4 is 15.6 Å². The largest absolute Gasteiger partial charge is 0.497 e. The summed E-state index contributed by atoms with van der Waals surface area (Å²) in [6.45, 7) is 4.66. The van der Waals surface area contributed by atoms with Crippen LogP contribution in [0.3, 0.4) is 0 Å². The first kappa shape index (κ1) is 27.5. The molecule has 0 aliphatic rings. The van der Waals surface area contributed by atoms with Gasteiger partial charge in [0, 0.05) is 28.8 Å². The van der Waals surface area contributed by atoms with Crippen LogP contribution in [0.5, 0.6) is 5.75 Å². The molecule has 1 N–H and O–H groups in total. The summed E-state index contributed by atoms with van der Waals surface area (Å²) in [6, 6.07) is 19.0. The number of aromatic nitrogens is 2. The number of fused-ring (bicyclic) bond motifs is 1. The summed E-state index contributed by atoms with van der Waals surface area (Å²) in [5, 5.41) is 4.63. The first-order chi connectivity index (χ1) is 18.4. The van der Waals surface area contributed by atoms with Crippen molar-refractivity contribution in [3.63, 3.8) is 0 Å². The number of anilines is 1. The van der Waals surface area contributed by atoms with Crippen LogP contribution in [0.15, 0.2) is 71.5 Å². The Bertz CT molecular complexity index is 1490. The number of hydrogen-bond acceptors (Lipinski definition) is 4. The molecule has 198 valence electrons. The SMILES string of the molecule is CCC(c1nc2ccccc2c(=O)n1CC)N(CCc1ccc(Cl)cc1Cl)C(=O)Nc1ccc(OC)cc1. The second kappa shape index (κ2) is 12.3. The van der Waals surface area contributed by atoms with Gasteiger partial charge in [0.15, 0.2) is 0 Å². The van der Waals surface area contributed by atoms with Crippen LogP contribution in [0, 0.1) is 0 Å². The van der Waals surface area contributed by atoms with Crippen molar-refractivity contribution >= 4 is 45.8 Å². The summed E-state index contributed by atoms with van der Waals surface area (Å²) in [5.74, 6) is 1.24. The van der Waals surface area contributed by atoms with Gasteiger partial charge < -0.3 is 15.0 Å². The molecular formula is C29H30Cl2N4O3. The third-order valence-corrected chi connectivity index (χ3v) is 7.09. The number of ether oxygens (including phenoxy) is 1. The van der Waals surface area contributed by atoms with Crippen molar-refractivity contribution < 1.29 is 9.53 Å². The number of carbonyl (C=O) groups is 1. The molecule has 1 aromatic heterocycles. The van der Waals surface area contributed by atoms with E-state index in [1.165, 1.54) is 0 Å². The van der Waals surface area contributed by atoms with Crippen molar-refractivity contribution in [1.82, 2.24) is 14.5 Å². The lowest BCUT2D eigenvalue weighted by Gasteiger charge is -2.32. The molecule has 1 atom stereocenters. The molecule has 0 fully saturated rings. The van der Waals surface area contributed by atoms with Gasteiger partial charge in [-0.2, -0.15) is 0 Å². The minimum Gasteiger partial charge on any atom is -0.497 e. The number of nitrogens with zero attached hydrogens (tertiary/aromatic N) is 3. The number of halogens is 2. The van der Waals surface area contributed by atoms with Crippen molar-refractivity contribution in [3.05, 3.63) is 98.5 Å². The van der Waals surface area contributed by atoms with Gasteiger partial charge in [-0.25, -0.2) is 9.78 Å². The molecule has 1 heterocycles. The molecule has 3 aromatic carbocycles. The number of hydrogen-bond donors (Lipinski definition) is 1. The Hall–Kier alpha value is -3.55. The summed E-state index contributed by atoms with van der Waals surface area (Å²) in [7, 11) is 1.59. The van der Waals surface area contributed by atoms with E-state index in [2.05, 4.69) is 5.32 Å². The normalized spacial score (nSPS) is 11.8. The average molecular weight is 553 g/mol. The molecule has 0 aliphatic heterocycles. The molecule has 0 aliphatic carbocycles. The van der Waals surface area contributed by atoms with E-state index in [1.807, 2.05) is 38.1 Å². The van der Waals surface area contributed by atoms with E-state index in [0.29, 0.717) is 64.1 Å². The Morgan fingerprint density at radius 3 is 2.47 bits per heavy atom. The maximum Gasteiger partial charge on any atom is 0.322 e. The Morgan fingerprint density at radius 2 is 1.82 bits per heavy atom. The molecule has 4 aromatic rings. The van der Waals surface area contributed by atoms with Crippen LogP contribution in [0.4, 0.5) is 10.5 Å². The maximum absolute atomic E-state index is 13.8. The Kier molecular flexibility index (Phi) is 8.92. The zero-order valence-corrected chi connectivity index (χ0v) is 23.1. The summed E-state index contributed by atoms with van der Waals surface area (Å²) in [4.78, 5) is 33.7. The van der Waals surface area contributed by atoms with Crippen molar-refractivity contribution in [2.45, 2.75) is 39.3 Å². The summed E-state index contributed by atoms with van der Waals surface area (Å²) < 4.78 is 6.88. The van der Waals surface area contributed by atoms with Gasteiger partial charge in [-0.05, 0) is 73.9 Å². The predicted molar refractivity (Wildman–Crippen MR) is 154 cm³/mol. The fourth-order valence-corrected chi connectivity index (χ4v) is 5.02. The lowest BCUT2D eigenvalue weighted by atomic mass is 10.1. The Morgan fingerprint density at radius 1 is 1.08 bits per heavy atom. The van der Waals surface area contributed by atoms with Gasteiger partial charge in [0.25, 0.3) is 5.56 Å². The highest BCUT2D eigenvalue weighted by Crippen LogP contribution is 2.27. The zero-order chi connectivity index (χ0) is 27.2. The molecule has 0 radical (unpaired) electrons. The van der Waals surface area contributed by atoms with E-state index < -0.39 is 6.04 Å². The number of benzene rings is 3. The van der Waals surface area contributed by atoms with Gasteiger partial charge in [0.2, 0.25) is 0 Å². The number of rotatable bonds is 9. The number of carbonyl (C=O) groups excluding carboxylic acids is 1. The second-order valence-electron chi connectivity index (χ2n) is 8.80. The molecule has 0 bridgehead atoms. The predicted octanol–water partition coefficient (Wildman–Crippen LogP) is 6.96. The van der Waals surface area contributed by atoms with Gasteiger partial charge >= 0.3 is 6.03 Å². The second-order valence-corrected chi connectivity index (χ2v) is 9.64. The van der Waals surface area contributed by atoms with Gasteiger partial charge in [-0.15, -0.1) is 0 Å².